The minimum atomic E-state index is -0.0313. The van der Waals surface area contributed by atoms with Crippen LogP contribution < -0.4 is 4.74 Å². The Labute approximate surface area is 116 Å². The van der Waals surface area contributed by atoms with Crippen LogP contribution >= 0.6 is 11.3 Å². The molecule has 2 rings (SSSR count). The molecule has 96 valence electrons. The highest BCUT2D eigenvalue weighted by Crippen LogP contribution is 2.14. The summed E-state index contributed by atoms with van der Waals surface area (Å²) in [5, 5.41) is 1.98. The maximum Gasteiger partial charge on any atom is 0.178 e. The molecule has 1 aromatic heterocycles. The van der Waals surface area contributed by atoms with Crippen molar-refractivity contribution in [3.8, 4) is 5.75 Å². The minimum absolute atomic E-state index is 0.0313. The van der Waals surface area contributed by atoms with E-state index in [1.54, 1.807) is 36.7 Å². The van der Waals surface area contributed by atoms with Crippen LogP contribution in [0.5, 0.6) is 5.75 Å². The second-order valence-corrected chi connectivity index (χ2v) is 4.84. The number of ketones is 1. The van der Waals surface area contributed by atoms with E-state index in [9.17, 15) is 4.79 Å². The first-order valence-corrected chi connectivity index (χ1v) is 6.73. The Morgan fingerprint density at radius 1 is 1.16 bits per heavy atom. The molecular formula is C16H14O2S. The van der Waals surface area contributed by atoms with Gasteiger partial charge in [-0.25, -0.2) is 0 Å². The molecule has 1 heterocycles. The fourth-order valence-electron chi connectivity index (χ4n) is 1.53. The van der Waals surface area contributed by atoms with Crippen molar-refractivity contribution in [1.82, 2.24) is 0 Å². The molecule has 0 saturated heterocycles. The molecule has 0 bridgehead atoms. The van der Waals surface area contributed by atoms with Gasteiger partial charge in [-0.3, -0.25) is 4.79 Å². The predicted molar refractivity (Wildman–Crippen MR) is 80.4 cm³/mol. The molecular weight excluding hydrogens is 256 g/mol. The van der Waals surface area contributed by atoms with Gasteiger partial charge in [-0.1, -0.05) is 24.3 Å². The summed E-state index contributed by atoms with van der Waals surface area (Å²) in [6, 6.07) is 11.5. The molecule has 2 nitrogen and oxygen atoms in total. The second-order valence-electron chi connectivity index (χ2n) is 3.86. The van der Waals surface area contributed by atoms with Crippen LogP contribution in [0.3, 0.4) is 0 Å². The third-order valence-corrected chi connectivity index (χ3v) is 3.33. The van der Waals surface area contributed by atoms with Crippen LogP contribution in [0, 0.1) is 0 Å². The molecule has 0 atom stereocenters. The summed E-state index contributed by atoms with van der Waals surface area (Å²) in [4.78, 5) is 12.7. The van der Waals surface area contributed by atoms with Crippen molar-refractivity contribution in [2.45, 2.75) is 0 Å². The number of allylic oxidation sites excluding steroid dienone is 2. The zero-order valence-corrected chi connectivity index (χ0v) is 11.4. The highest BCUT2D eigenvalue weighted by molar-refractivity contribution is 7.10. The Balaban J connectivity index is 1.99. The molecule has 0 aliphatic heterocycles. The lowest BCUT2D eigenvalue weighted by Gasteiger charge is -1.99. The predicted octanol–water partition coefficient (Wildman–Crippen LogP) is 4.05. The Kier molecular flexibility index (Phi) is 4.70. The topological polar surface area (TPSA) is 26.3 Å². The van der Waals surface area contributed by atoms with Gasteiger partial charge in [0, 0.05) is 4.88 Å². The molecule has 0 spiro atoms. The monoisotopic (exact) mass is 270 g/mol. The quantitative estimate of drug-likeness (QED) is 0.766. The van der Waals surface area contributed by atoms with E-state index in [0.717, 1.165) is 16.2 Å². The van der Waals surface area contributed by atoms with Crippen molar-refractivity contribution in [3.05, 3.63) is 64.4 Å². The summed E-state index contributed by atoms with van der Waals surface area (Å²) in [7, 11) is 1.62. The smallest absolute Gasteiger partial charge is 0.178 e. The fraction of sp³-hybridized carbons (Fsp3) is 0.0625. The third-order valence-electron chi connectivity index (χ3n) is 2.49. The Morgan fingerprint density at radius 2 is 2.00 bits per heavy atom. The number of carbonyl (C=O) groups is 1. The summed E-state index contributed by atoms with van der Waals surface area (Å²) in [5.74, 6) is 0.750. The zero-order chi connectivity index (χ0) is 13.5. The first kappa shape index (κ1) is 13.3. The SMILES string of the molecule is COc1cccc(/C=C/C(=O)/C=C/c2cccs2)c1. The summed E-state index contributed by atoms with van der Waals surface area (Å²) in [6.45, 7) is 0. The molecule has 2 aromatic rings. The van der Waals surface area contributed by atoms with E-state index in [1.165, 1.54) is 0 Å². The third kappa shape index (κ3) is 4.23. The average Bonchev–Trinajstić information content (AvgIpc) is 2.96. The molecule has 0 amide bonds. The van der Waals surface area contributed by atoms with Gasteiger partial charge in [-0.2, -0.15) is 0 Å². The van der Waals surface area contributed by atoms with Crippen LogP contribution in [0.2, 0.25) is 0 Å². The van der Waals surface area contributed by atoms with Crippen LogP contribution in [-0.4, -0.2) is 12.9 Å². The largest absolute Gasteiger partial charge is 0.497 e. The van der Waals surface area contributed by atoms with E-state index >= 15 is 0 Å². The maximum absolute atomic E-state index is 11.7. The van der Waals surface area contributed by atoms with Crippen LogP contribution in [-0.2, 0) is 4.79 Å². The standard InChI is InChI=1S/C16H14O2S/c1-18-15-5-2-4-13(12-15)7-8-14(17)9-10-16-6-3-11-19-16/h2-12H,1H3/b8-7+,10-9+. The number of ether oxygens (including phenoxy) is 1. The highest BCUT2D eigenvalue weighted by Gasteiger charge is 1.94. The Bertz CT molecular complexity index is 595. The van der Waals surface area contributed by atoms with Gasteiger partial charge in [-0.05, 0) is 47.4 Å². The fourth-order valence-corrected chi connectivity index (χ4v) is 2.15. The van der Waals surface area contributed by atoms with Crippen LogP contribution in [0.15, 0.2) is 53.9 Å². The number of hydrogen-bond donors (Lipinski definition) is 0. The molecule has 0 fully saturated rings. The number of carbonyl (C=O) groups excluding carboxylic acids is 1. The van der Waals surface area contributed by atoms with E-state index in [4.69, 9.17) is 4.74 Å². The Hall–Kier alpha value is -2.13. The zero-order valence-electron chi connectivity index (χ0n) is 10.6. The van der Waals surface area contributed by atoms with Crippen LogP contribution in [0.25, 0.3) is 12.2 Å². The number of thiophene rings is 1. The summed E-state index contributed by atoms with van der Waals surface area (Å²) in [5.41, 5.74) is 0.942. The number of benzene rings is 1. The average molecular weight is 270 g/mol. The van der Waals surface area contributed by atoms with Crippen molar-refractivity contribution in [1.29, 1.82) is 0 Å². The van der Waals surface area contributed by atoms with Gasteiger partial charge in [-0.15, -0.1) is 11.3 Å². The number of methoxy groups -OCH3 is 1. The summed E-state index contributed by atoms with van der Waals surface area (Å²) < 4.78 is 5.13. The summed E-state index contributed by atoms with van der Waals surface area (Å²) >= 11 is 1.60. The van der Waals surface area contributed by atoms with Gasteiger partial charge in [0.05, 0.1) is 7.11 Å². The molecule has 0 aliphatic carbocycles. The first-order valence-electron chi connectivity index (χ1n) is 5.85. The second kappa shape index (κ2) is 6.71. The van der Waals surface area contributed by atoms with Crippen molar-refractivity contribution in [3.63, 3.8) is 0 Å². The molecule has 19 heavy (non-hydrogen) atoms. The molecule has 0 aliphatic rings. The molecule has 0 radical (unpaired) electrons. The van der Waals surface area contributed by atoms with E-state index in [2.05, 4.69) is 0 Å². The van der Waals surface area contributed by atoms with E-state index in [1.807, 2.05) is 47.9 Å². The van der Waals surface area contributed by atoms with E-state index < -0.39 is 0 Å². The van der Waals surface area contributed by atoms with Crippen molar-refractivity contribution >= 4 is 29.3 Å². The lowest BCUT2D eigenvalue weighted by molar-refractivity contribution is -0.110. The molecule has 0 N–H and O–H groups in total. The maximum atomic E-state index is 11.7. The van der Waals surface area contributed by atoms with Gasteiger partial charge in [0.1, 0.15) is 5.75 Å². The normalized spacial score (nSPS) is 11.2. The molecule has 3 heteroatoms. The van der Waals surface area contributed by atoms with E-state index in [-0.39, 0.29) is 5.78 Å². The van der Waals surface area contributed by atoms with Gasteiger partial charge >= 0.3 is 0 Å². The van der Waals surface area contributed by atoms with Gasteiger partial charge < -0.3 is 4.74 Å². The van der Waals surface area contributed by atoms with Crippen molar-refractivity contribution in [2.75, 3.05) is 7.11 Å². The lowest BCUT2D eigenvalue weighted by atomic mass is 10.2. The van der Waals surface area contributed by atoms with Crippen molar-refractivity contribution in [2.24, 2.45) is 0 Å². The molecule has 0 saturated carbocycles. The minimum Gasteiger partial charge on any atom is -0.497 e. The molecule has 1 aromatic carbocycles. The summed E-state index contributed by atoms with van der Waals surface area (Å²) in [6.07, 6.45) is 6.73. The lowest BCUT2D eigenvalue weighted by Crippen LogP contribution is -1.85. The van der Waals surface area contributed by atoms with Crippen LogP contribution in [0.4, 0.5) is 0 Å². The van der Waals surface area contributed by atoms with Crippen molar-refractivity contribution < 1.29 is 9.53 Å². The van der Waals surface area contributed by atoms with Gasteiger partial charge in [0.15, 0.2) is 5.78 Å². The van der Waals surface area contributed by atoms with Gasteiger partial charge in [0.25, 0.3) is 0 Å². The first-order chi connectivity index (χ1) is 9.28. The highest BCUT2D eigenvalue weighted by atomic mass is 32.1. The number of rotatable bonds is 5. The Morgan fingerprint density at radius 3 is 2.74 bits per heavy atom. The van der Waals surface area contributed by atoms with Gasteiger partial charge in [0.2, 0.25) is 0 Å². The molecule has 0 unspecified atom stereocenters. The van der Waals surface area contributed by atoms with E-state index in [0.29, 0.717) is 0 Å². The number of hydrogen-bond acceptors (Lipinski definition) is 3. The van der Waals surface area contributed by atoms with Crippen LogP contribution in [0.1, 0.15) is 10.4 Å².